The van der Waals surface area contributed by atoms with Crippen molar-refractivity contribution in [1.82, 2.24) is 39.2 Å². The molecule has 0 unspecified atom stereocenters. The Bertz CT molecular complexity index is 8440. The quantitative estimate of drug-likeness (QED) is 0.0208. The normalized spacial score (nSPS) is 43.0. The molecule has 0 saturated heterocycles. The zero-order valence-corrected chi connectivity index (χ0v) is 85.6. The lowest BCUT2D eigenvalue weighted by Gasteiger charge is -2.41. The van der Waals surface area contributed by atoms with Crippen LogP contribution in [-0.4, -0.2) is 295 Å². The number of benzene rings is 8. The van der Waals surface area contributed by atoms with Crippen LogP contribution in [0.25, 0.3) is 0 Å². The van der Waals surface area contributed by atoms with Gasteiger partial charge in [0.2, 0.25) is 0 Å². The van der Waals surface area contributed by atoms with Gasteiger partial charge in [0.15, 0.2) is 0 Å². The Kier molecular flexibility index (Phi) is 22.8. The van der Waals surface area contributed by atoms with Gasteiger partial charge in [-0.1, -0.05) is 200 Å². The van der Waals surface area contributed by atoms with Crippen molar-refractivity contribution in [2.24, 2.45) is 47.2 Å². The molecule has 8 saturated carbocycles. The van der Waals surface area contributed by atoms with E-state index in [4.69, 9.17) is 120 Å². The third-order valence-corrected chi connectivity index (χ3v) is 25.4. The number of aliphatic hydroxyl groups is 8. The van der Waals surface area contributed by atoms with Crippen LogP contribution in [0.1, 0.15) is 346 Å². The largest absolute Gasteiger partial charge is 0.508 e. The molecule has 16 atom stereocenters. The van der Waals surface area contributed by atoms with Crippen LogP contribution < -0.4 is 23.7 Å². The molecule has 0 spiro atoms. The third kappa shape index (κ3) is 35.3. The number of phenols is 3. The first-order chi connectivity index (χ1) is 97.9. The van der Waals surface area contributed by atoms with Crippen molar-refractivity contribution >= 4 is 0 Å². The highest BCUT2D eigenvalue weighted by molar-refractivity contribution is 5.41. The van der Waals surface area contributed by atoms with Gasteiger partial charge in [-0.3, -0.25) is 0 Å². The maximum atomic E-state index is 11.7. The summed E-state index contributed by atoms with van der Waals surface area (Å²) in [7, 11) is 4.03. The predicted octanol–water partition coefficient (Wildman–Crippen LogP) is 20.2. The van der Waals surface area contributed by atoms with Crippen molar-refractivity contribution in [2.45, 2.75) is 250 Å². The average Bonchev–Trinajstić information content (AvgIpc) is 0.679. The fourth-order valence-corrected chi connectivity index (χ4v) is 18.4. The summed E-state index contributed by atoms with van der Waals surface area (Å²) in [5.41, 5.74) is -21.4. The smallest absolute Gasteiger partial charge is 0.119 e. The van der Waals surface area contributed by atoms with Crippen molar-refractivity contribution in [1.29, 1.82) is 0 Å². The third-order valence-electron chi connectivity index (χ3n) is 25.4. The van der Waals surface area contributed by atoms with E-state index in [1.54, 1.807) is 23.1 Å². The van der Waals surface area contributed by atoms with Crippen LogP contribution >= 0.6 is 0 Å². The first kappa shape index (κ1) is 57.3. The van der Waals surface area contributed by atoms with Gasteiger partial charge in [-0.2, -0.15) is 0 Å². The minimum absolute atomic E-state index is 0.0237. The highest BCUT2D eigenvalue weighted by Crippen LogP contribution is 2.52. The molecule has 24 heteroatoms. The summed E-state index contributed by atoms with van der Waals surface area (Å²) >= 11 is 0. The summed E-state index contributed by atoms with van der Waals surface area (Å²) in [6, 6.07) is 42.5. The van der Waals surface area contributed by atoms with Crippen molar-refractivity contribution in [2.75, 3.05) is 200 Å². The van der Waals surface area contributed by atoms with E-state index in [2.05, 4.69) is 0 Å². The standard InChI is InChI=1S/5C16H25NO2.3C15H23NO2/c5*1-17(2)12-14-7-4-5-10-16(14,18)13-8-6-9-15(11-13)19-3;3*1-16(2)11-13-6-3-4-9-15(13,18)12-7-5-8-14(17)10-12/h5*6,8-9,11,14,18H,4-5,7,10,12H2,1-3H3;3*5,7-8,10,13,17-18H,3-4,6,9,11H2,1-2H3/t5*14-,16+;3*13-,15+/m00000000/s1/i1D3,2D3,3D3,10D2,12D2,14D;1D3,3D3,10D2,12D2,14D;1D3,2D3,10D2,12D2,14D;3D3,10D2,12D2,14D;1D3,10D2,12D2,14D;1D3,2D3,9D2,13D;1D3,9D2,13D;9D2,13D. The number of hydrogen-bond donors (Lipinski definition) is 11. The molecular weight excluding hydrogens is 1870 g/mol. The molecule has 0 bridgehead atoms. The lowest BCUT2D eigenvalue weighted by atomic mass is 9.71. The molecule has 8 aliphatic carbocycles. The zero-order chi connectivity index (χ0) is 170. The first-order valence-corrected chi connectivity index (χ1v) is 48.7. The SMILES string of the molecule is [2H]C([2H])([2H])N(C([2H])([2H])[2H])C([2H])([2H])[C@]1([2H])CCCC([2H])([2H])[C@@]1(O)c1cccc(OC)c1.[2H]C([2H])([2H])N(C)C([2H])([2H])[C@]1([2H])CCCC([2H])([2H])[C@@]1(O)c1cccc(OC)c1.[2H]C([2H])([2H])N(C)C[C@]1([2H])CCCC([2H])([2H])[C@@]1(O)c1cccc(O)c1.[2H]C([2H])([2H])N(C[C@]1([2H])CCCC([2H])([2H])[C@@]1(O)c1cccc(O)c1)C([2H])([2H])[2H].[2H]C([2H])([2H])Oc1cccc([C@]2(O)C([2H])([2H])CCC[C@@]2([2H])C([2H])([2H])N(C([2H])([2H])[2H])C([2H])([2H])[2H])c1.[2H]C([2H])([2H])Oc1cccc([C@]2(O)C([2H])([2H])CCC[C@@]2([2H])C([2H])([2H])N(C)C([2H])([2H])[2H])c1.[2H]C([2H])([2H])Oc1cccc([C@]2(O)C([2H])([2H])CCC[C@@]2([2H])C([2H])([2H])N(C)C)c1.[2H]C1([2H])CCC[C@@]([2H])(CN(C)C)[C@]1(O)c1cccc(O)c1. The highest BCUT2D eigenvalue weighted by atomic mass is 16.5. The van der Waals surface area contributed by atoms with Crippen molar-refractivity contribution in [3.05, 3.63) is 239 Å². The summed E-state index contributed by atoms with van der Waals surface area (Å²) < 4.78 is 583. The number of hydrogen-bond acceptors (Lipinski definition) is 24. The molecular formula is C125H194N8O16. The van der Waals surface area contributed by atoms with Crippen LogP contribution in [0.5, 0.6) is 46.0 Å². The molecule has 8 aromatic rings. The fourth-order valence-electron chi connectivity index (χ4n) is 18.4. The molecule has 16 rings (SSSR count). The van der Waals surface area contributed by atoms with Gasteiger partial charge in [0.05, 0.1) is 92.5 Å². The molecule has 830 valence electrons. The van der Waals surface area contributed by atoms with E-state index < -0.39 is 294 Å². The number of rotatable bonds is 29. The Morgan fingerprint density at radius 2 is 0.430 bits per heavy atom. The second kappa shape index (κ2) is 59.3. The minimum atomic E-state index is -3.60. The van der Waals surface area contributed by atoms with E-state index >= 15 is 0 Å². The van der Waals surface area contributed by atoms with Crippen molar-refractivity contribution in [3.63, 3.8) is 0 Å². The maximum absolute atomic E-state index is 11.7. The Hall–Kier alpha value is -8.48. The monoisotopic (exact) mass is 2130 g/mol. The van der Waals surface area contributed by atoms with Gasteiger partial charge in [-0.25, -0.2) is 0 Å². The molecule has 0 amide bonds. The minimum Gasteiger partial charge on any atom is -0.508 e. The first-order valence-electron chi connectivity index (χ1n) is 83.7. The summed E-state index contributed by atoms with van der Waals surface area (Å²) in [5.74, 6) is -19.2. The van der Waals surface area contributed by atoms with E-state index in [0.717, 1.165) is 48.2 Å². The van der Waals surface area contributed by atoms with Gasteiger partial charge in [0.25, 0.3) is 0 Å². The molecule has 24 nitrogen and oxygen atoms in total. The van der Waals surface area contributed by atoms with Crippen LogP contribution in [0.15, 0.2) is 194 Å². The van der Waals surface area contributed by atoms with Gasteiger partial charge >= 0.3 is 0 Å². The van der Waals surface area contributed by atoms with Gasteiger partial charge in [-0.15, -0.1) is 0 Å². The summed E-state index contributed by atoms with van der Waals surface area (Å²) in [4.78, 5) is 3.97. The molecule has 0 radical (unpaired) electrons. The van der Waals surface area contributed by atoms with Gasteiger partial charge in [0, 0.05) is 183 Å². The Morgan fingerprint density at radius 1 is 0.242 bits per heavy atom. The lowest BCUT2D eigenvalue weighted by molar-refractivity contribution is -0.0621. The average molecular weight is 2140 g/mol. The van der Waals surface area contributed by atoms with Crippen LogP contribution in [0, 0.1) is 47.2 Å². The number of ether oxygens (including phenoxy) is 5. The van der Waals surface area contributed by atoms with Crippen LogP contribution in [0.4, 0.5) is 0 Å². The molecule has 8 aromatic carbocycles. The number of aromatic hydroxyl groups is 3. The van der Waals surface area contributed by atoms with E-state index in [9.17, 15) is 56.2 Å². The second-order valence-electron chi connectivity index (χ2n) is 37.1. The van der Waals surface area contributed by atoms with Crippen LogP contribution in [-0.2, 0) is 44.8 Å². The molecule has 11 N–H and O–H groups in total. The lowest BCUT2D eigenvalue weighted by Crippen LogP contribution is -2.43. The van der Waals surface area contributed by atoms with E-state index in [1.807, 2.05) is 14.1 Å². The Morgan fingerprint density at radius 3 is 0.638 bits per heavy atom. The van der Waals surface area contributed by atoms with Crippen molar-refractivity contribution < 1.29 is 176 Å². The number of methoxy groups -OCH3 is 5. The number of nitrogens with zero attached hydrogens (tertiary/aromatic N) is 8. The summed E-state index contributed by atoms with van der Waals surface area (Å²) in [6.07, 6.45) is -19.6. The molecule has 149 heavy (non-hydrogen) atoms. The Balaban J connectivity index is 0.000000270. The van der Waals surface area contributed by atoms with Gasteiger partial charge < -0.3 is 119 Å². The molecule has 0 aromatic heterocycles. The van der Waals surface area contributed by atoms with Gasteiger partial charge in [0.1, 0.15) is 46.0 Å². The highest BCUT2D eigenvalue weighted by Gasteiger charge is 2.49. The van der Waals surface area contributed by atoms with Crippen LogP contribution in [0.2, 0.25) is 0 Å². The Labute approximate surface area is 995 Å². The molecule has 0 aliphatic heterocycles. The fraction of sp³-hybridized carbons (Fsp3) is 0.616. The molecule has 8 aliphatic rings. The zero-order valence-electron chi connectivity index (χ0n) is 156. The van der Waals surface area contributed by atoms with E-state index in [1.165, 1.54) is 187 Å². The predicted molar refractivity (Wildman–Crippen MR) is 605 cm³/mol. The molecule has 0 heterocycles. The summed E-state index contributed by atoms with van der Waals surface area (Å²) in [5, 5.41) is 121. The molecule has 8 fully saturated rings. The van der Waals surface area contributed by atoms with Gasteiger partial charge in [-0.05, 0) is 356 Å². The van der Waals surface area contributed by atoms with Crippen LogP contribution in [0.3, 0.4) is 0 Å². The second-order valence-corrected chi connectivity index (χ2v) is 37.1. The number of phenolic OH excluding ortho intramolecular Hbond substituents is 3. The van der Waals surface area contributed by atoms with E-state index in [-0.39, 0.29) is 219 Å². The van der Waals surface area contributed by atoms with E-state index in [0.29, 0.717) is 34.8 Å². The van der Waals surface area contributed by atoms with Crippen molar-refractivity contribution in [3.8, 4) is 46.0 Å². The summed E-state index contributed by atoms with van der Waals surface area (Å²) in [6.45, 7) is -44.8. The maximum Gasteiger partial charge on any atom is 0.119 e. The topological polar surface area (TPSA) is 295 Å².